The monoisotopic (exact) mass is 639 g/mol. The van der Waals surface area contributed by atoms with Gasteiger partial charge in [-0.2, -0.15) is 0 Å². The van der Waals surface area contributed by atoms with Gasteiger partial charge in [0.25, 0.3) is 0 Å². The van der Waals surface area contributed by atoms with E-state index in [9.17, 15) is 24.3 Å². The Labute approximate surface area is 274 Å². The van der Waals surface area contributed by atoms with Crippen molar-refractivity contribution in [2.45, 2.75) is 117 Å². The van der Waals surface area contributed by atoms with Crippen LogP contribution < -0.4 is 10.6 Å². The minimum Gasteiger partial charge on any atom is -0.458 e. The molecule has 3 N–H and O–H groups in total. The second-order valence-corrected chi connectivity index (χ2v) is 14.0. The van der Waals surface area contributed by atoms with E-state index in [0.29, 0.717) is 17.9 Å². The van der Waals surface area contributed by atoms with Gasteiger partial charge in [-0.25, -0.2) is 9.59 Å². The predicted octanol–water partition coefficient (Wildman–Crippen LogP) is 5.34. The number of esters is 1. The fraction of sp³-hybridized carbons (Fsp3) is 0.556. The van der Waals surface area contributed by atoms with E-state index in [2.05, 4.69) is 24.5 Å². The number of hydrogen-bond donors (Lipinski definition) is 3. The van der Waals surface area contributed by atoms with Crippen molar-refractivity contribution in [1.82, 2.24) is 15.5 Å². The SMILES string of the molecule is CC(C)CCC(C)N(C(=O)C(CO)NC(=O)OC(C)(C)C)C(C(=O)NC(Cc1ccccc1)C(=O)OC(C)(C)C)c1ccccc1. The van der Waals surface area contributed by atoms with Crippen LogP contribution in [-0.4, -0.2) is 69.8 Å². The summed E-state index contributed by atoms with van der Waals surface area (Å²) < 4.78 is 11.0. The molecule has 2 aromatic rings. The van der Waals surface area contributed by atoms with E-state index in [-0.39, 0.29) is 6.42 Å². The zero-order chi connectivity index (χ0) is 34.7. The highest BCUT2D eigenvalue weighted by Crippen LogP contribution is 2.28. The number of aliphatic hydroxyl groups excluding tert-OH is 1. The average molecular weight is 640 g/mol. The van der Waals surface area contributed by atoms with Crippen LogP contribution in [0.15, 0.2) is 60.7 Å². The molecule has 0 aliphatic heterocycles. The molecule has 0 heterocycles. The van der Waals surface area contributed by atoms with Gasteiger partial charge in [0, 0.05) is 12.5 Å². The lowest BCUT2D eigenvalue weighted by molar-refractivity contribution is -0.159. The molecule has 254 valence electrons. The van der Waals surface area contributed by atoms with E-state index in [0.717, 1.165) is 12.0 Å². The molecule has 0 bridgehead atoms. The number of ether oxygens (including phenoxy) is 2. The van der Waals surface area contributed by atoms with Crippen LogP contribution in [0, 0.1) is 5.92 Å². The van der Waals surface area contributed by atoms with E-state index < -0.39 is 65.9 Å². The standard InChI is InChI=1S/C36H53N3O7/c1-24(2)20-21-25(3)39(32(42)29(23-40)38-34(44)46-36(7,8)9)30(27-18-14-11-15-19-27)31(41)37-28(33(43)45-35(4,5)6)22-26-16-12-10-13-17-26/h10-19,24-25,28-30,40H,20-23H2,1-9H3,(H,37,41)(H,38,44). The van der Waals surface area contributed by atoms with Crippen molar-refractivity contribution >= 4 is 23.9 Å². The largest absolute Gasteiger partial charge is 0.458 e. The molecule has 3 amide bonds. The molecular formula is C36H53N3O7. The van der Waals surface area contributed by atoms with E-state index in [4.69, 9.17) is 9.47 Å². The van der Waals surface area contributed by atoms with Crippen molar-refractivity contribution in [2.24, 2.45) is 5.92 Å². The molecule has 0 spiro atoms. The Kier molecular flexibility index (Phi) is 14.2. The average Bonchev–Trinajstić information content (AvgIpc) is 2.95. The van der Waals surface area contributed by atoms with Gasteiger partial charge in [0.15, 0.2) is 0 Å². The Morgan fingerprint density at radius 1 is 0.761 bits per heavy atom. The molecule has 0 saturated carbocycles. The Bertz CT molecular complexity index is 1270. The number of amides is 3. The maximum atomic E-state index is 14.4. The second kappa shape index (κ2) is 17.1. The van der Waals surface area contributed by atoms with Crippen molar-refractivity contribution in [3.8, 4) is 0 Å². The number of hydrogen-bond acceptors (Lipinski definition) is 7. The van der Waals surface area contributed by atoms with Gasteiger partial charge in [0.05, 0.1) is 6.61 Å². The molecule has 2 rings (SSSR count). The number of rotatable bonds is 14. The Balaban J connectivity index is 2.60. The number of aliphatic hydroxyl groups is 1. The number of carbonyl (C=O) groups excluding carboxylic acids is 4. The zero-order valence-corrected chi connectivity index (χ0v) is 28.8. The molecule has 4 atom stereocenters. The summed E-state index contributed by atoms with van der Waals surface area (Å²) in [6.07, 6.45) is 0.596. The number of nitrogens with zero attached hydrogens (tertiary/aromatic N) is 1. The third kappa shape index (κ3) is 12.8. The van der Waals surface area contributed by atoms with Crippen LogP contribution in [0.2, 0.25) is 0 Å². The second-order valence-electron chi connectivity index (χ2n) is 14.0. The van der Waals surface area contributed by atoms with Gasteiger partial charge in [-0.3, -0.25) is 9.59 Å². The molecule has 0 radical (unpaired) electrons. The molecule has 10 nitrogen and oxygen atoms in total. The van der Waals surface area contributed by atoms with Gasteiger partial charge in [-0.15, -0.1) is 0 Å². The summed E-state index contributed by atoms with van der Waals surface area (Å²) in [6.45, 7) is 15.6. The van der Waals surface area contributed by atoms with Crippen LogP contribution >= 0.6 is 0 Å². The predicted molar refractivity (Wildman–Crippen MR) is 178 cm³/mol. The topological polar surface area (TPSA) is 134 Å². The highest BCUT2D eigenvalue weighted by molar-refractivity contribution is 5.94. The first kappa shape index (κ1) is 38.3. The maximum Gasteiger partial charge on any atom is 0.408 e. The number of alkyl carbamates (subject to hydrolysis) is 1. The van der Waals surface area contributed by atoms with Crippen molar-refractivity contribution in [2.75, 3.05) is 6.61 Å². The molecular weight excluding hydrogens is 586 g/mol. The molecule has 0 aliphatic rings. The molecule has 46 heavy (non-hydrogen) atoms. The normalized spacial score (nSPS) is 14.4. The summed E-state index contributed by atoms with van der Waals surface area (Å²) in [7, 11) is 0. The van der Waals surface area contributed by atoms with E-state index in [1.54, 1.807) is 71.9 Å². The summed E-state index contributed by atoms with van der Waals surface area (Å²) in [5.41, 5.74) is -0.319. The van der Waals surface area contributed by atoms with Crippen LogP contribution in [0.4, 0.5) is 4.79 Å². The summed E-state index contributed by atoms with van der Waals surface area (Å²) in [6, 6.07) is 13.9. The van der Waals surface area contributed by atoms with Crippen LogP contribution in [0.25, 0.3) is 0 Å². The van der Waals surface area contributed by atoms with Gasteiger partial charge >= 0.3 is 12.1 Å². The summed E-state index contributed by atoms with van der Waals surface area (Å²) in [4.78, 5) is 56.3. The third-order valence-electron chi connectivity index (χ3n) is 7.00. The lowest BCUT2D eigenvalue weighted by Crippen LogP contribution is -2.58. The molecule has 0 aromatic heterocycles. The molecule has 10 heteroatoms. The van der Waals surface area contributed by atoms with Gasteiger partial charge in [-0.1, -0.05) is 74.5 Å². The van der Waals surface area contributed by atoms with Gasteiger partial charge in [-0.05, 0) is 78.4 Å². The maximum absolute atomic E-state index is 14.4. The first-order chi connectivity index (χ1) is 21.4. The fourth-order valence-corrected chi connectivity index (χ4v) is 4.87. The minimum atomic E-state index is -1.39. The molecule has 0 aliphatic carbocycles. The van der Waals surface area contributed by atoms with Crippen molar-refractivity contribution in [3.63, 3.8) is 0 Å². The van der Waals surface area contributed by atoms with E-state index in [1.165, 1.54) is 4.90 Å². The summed E-state index contributed by atoms with van der Waals surface area (Å²) in [5, 5.41) is 15.7. The zero-order valence-electron chi connectivity index (χ0n) is 28.8. The highest BCUT2D eigenvalue weighted by atomic mass is 16.6. The fourth-order valence-electron chi connectivity index (χ4n) is 4.87. The molecule has 2 aromatic carbocycles. The molecule has 0 fully saturated rings. The number of carbonyl (C=O) groups is 4. The lowest BCUT2D eigenvalue weighted by Gasteiger charge is -2.39. The Morgan fingerprint density at radius 3 is 1.80 bits per heavy atom. The summed E-state index contributed by atoms with van der Waals surface area (Å²) in [5.74, 6) is -1.55. The third-order valence-corrected chi connectivity index (χ3v) is 7.00. The van der Waals surface area contributed by atoms with Crippen molar-refractivity contribution in [1.29, 1.82) is 0 Å². The minimum absolute atomic E-state index is 0.166. The lowest BCUT2D eigenvalue weighted by atomic mass is 9.96. The highest BCUT2D eigenvalue weighted by Gasteiger charge is 2.40. The van der Waals surface area contributed by atoms with Crippen LogP contribution in [0.5, 0.6) is 0 Å². The molecule has 0 saturated heterocycles. The van der Waals surface area contributed by atoms with Crippen LogP contribution in [0.3, 0.4) is 0 Å². The van der Waals surface area contributed by atoms with Gasteiger partial charge in [0.2, 0.25) is 11.8 Å². The van der Waals surface area contributed by atoms with Crippen molar-refractivity contribution in [3.05, 3.63) is 71.8 Å². The van der Waals surface area contributed by atoms with Crippen LogP contribution in [-0.2, 0) is 30.3 Å². The van der Waals surface area contributed by atoms with Gasteiger partial charge in [0.1, 0.15) is 29.3 Å². The smallest absolute Gasteiger partial charge is 0.408 e. The molecule has 4 unspecified atom stereocenters. The van der Waals surface area contributed by atoms with Crippen LogP contribution in [0.1, 0.15) is 92.3 Å². The Morgan fingerprint density at radius 2 is 1.30 bits per heavy atom. The first-order valence-corrected chi connectivity index (χ1v) is 16.0. The van der Waals surface area contributed by atoms with E-state index >= 15 is 0 Å². The quantitative estimate of drug-likeness (QED) is 0.238. The Hall–Kier alpha value is -3.92. The number of benzene rings is 2. The van der Waals surface area contributed by atoms with Crippen molar-refractivity contribution < 1.29 is 33.8 Å². The summed E-state index contributed by atoms with van der Waals surface area (Å²) >= 11 is 0. The van der Waals surface area contributed by atoms with Gasteiger partial charge < -0.3 is 30.1 Å². The first-order valence-electron chi connectivity index (χ1n) is 16.0. The van der Waals surface area contributed by atoms with E-state index in [1.807, 2.05) is 37.3 Å². The number of nitrogens with one attached hydrogen (secondary N) is 2.